The molecule has 176 valence electrons. The van der Waals surface area contributed by atoms with Crippen molar-refractivity contribution in [2.24, 2.45) is 0 Å². The largest absolute Gasteiger partial charge is 0.338 e. The number of carbonyl (C=O) groups excluding carboxylic acids is 3. The topological polar surface area (TPSA) is 152 Å². The van der Waals surface area contributed by atoms with Crippen molar-refractivity contribution in [3.8, 4) is 6.07 Å². The first-order valence-corrected chi connectivity index (χ1v) is 11.7. The van der Waals surface area contributed by atoms with Crippen molar-refractivity contribution in [2.45, 2.75) is 37.8 Å². The summed E-state index contributed by atoms with van der Waals surface area (Å²) in [5.74, 6) is -2.90. The lowest BCUT2D eigenvalue weighted by Crippen LogP contribution is -2.45. The molecule has 1 aliphatic heterocycles. The molecule has 35 heavy (non-hydrogen) atoms. The van der Waals surface area contributed by atoms with E-state index in [4.69, 9.17) is 16.1 Å². The molecular weight excluding hydrogens is 471 g/mol. The fourth-order valence-corrected chi connectivity index (χ4v) is 5.09. The first-order chi connectivity index (χ1) is 16.7. The van der Waals surface area contributed by atoms with Gasteiger partial charge >= 0.3 is 0 Å². The Labute approximate surface area is 203 Å². The Kier molecular flexibility index (Phi) is 5.21. The Bertz CT molecular complexity index is 1450. The summed E-state index contributed by atoms with van der Waals surface area (Å²) in [7, 11) is 0. The average Bonchev–Trinajstić information content (AvgIpc) is 3.72. The normalized spacial score (nSPS) is 17.9. The summed E-state index contributed by atoms with van der Waals surface area (Å²) in [6.07, 6.45) is 3.60. The maximum atomic E-state index is 13.7. The van der Waals surface area contributed by atoms with Crippen molar-refractivity contribution in [1.29, 1.82) is 16.1 Å². The summed E-state index contributed by atoms with van der Waals surface area (Å²) in [6, 6.07) is 5.34. The van der Waals surface area contributed by atoms with Crippen molar-refractivity contribution >= 4 is 51.7 Å². The Morgan fingerprint density at radius 1 is 1.34 bits per heavy atom. The number of rotatable bonds is 7. The third kappa shape index (κ3) is 3.66. The Morgan fingerprint density at radius 2 is 2.09 bits per heavy atom. The van der Waals surface area contributed by atoms with Gasteiger partial charge in [0.25, 0.3) is 17.6 Å². The molecule has 0 radical (unpaired) electrons. The fourth-order valence-electron chi connectivity index (χ4n) is 4.49. The van der Waals surface area contributed by atoms with Crippen LogP contribution in [0.15, 0.2) is 23.8 Å². The molecule has 11 heteroatoms. The van der Waals surface area contributed by atoms with Gasteiger partial charge in [-0.05, 0) is 61.6 Å². The number of hydrogen-bond acceptors (Lipinski definition) is 7. The van der Waals surface area contributed by atoms with Crippen molar-refractivity contribution in [2.75, 3.05) is 5.32 Å². The Hall–Kier alpha value is -4.04. The molecule has 0 bridgehead atoms. The summed E-state index contributed by atoms with van der Waals surface area (Å²) in [5.41, 5.74) is 2.35. The zero-order valence-electron chi connectivity index (χ0n) is 18.5. The van der Waals surface area contributed by atoms with Gasteiger partial charge in [0.15, 0.2) is 0 Å². The third-order valence-electron chi connectivity index (χ3n) is 6.52. The highest BCUT2D eigenvalue weighted by atomic mass is 32.2. The molecule has 1 aromatic carbocycles. The van der Waals surface area contributed by atoms with Crippen molar-refractivity contribution < 1.29 is 18.8 Å². The first-order valence-electron chi connectivity index (χ1n) is 10.8. The van der Waals surface area contributed by atoms with E-state index in [-0.39, 0.29) is 33.6 Å². The summed E-state index contributed by atoms with van der Waals surface area (Å²) < 4.78 is 15.4. The smallest absolute Gasteiger partial charge is 0.293 e. The van der Waals surface area contributed by atoms with Crippen LogP contribution >= 0.6 is 11.8 Å². The highest BCUT2D eigenvalue weighted by Gasteiger charge is 2.50. The number of hydrogen-bond donors (Lipinski definition) is 4. The summed E-state index contributed by atoms with van der Waals surface area (Å²) >= 11 is 0.881. The number of anilines is 1. The Balaban J connectivity index is 1.45. The van der Waals surface area contributed by atoms with Gasteiger partial charge in [0.05, 0.1) is 39.0 Å². The zero-order valence-corrected chi connectivity index (χ0v) is 19.3. The van der Waals surface area contributed by atoms with Crippen LogP contribution in [0, 0.1) is 34.9 Å². The van der Waals surface area contributed by atoms with Crippen LogP contribution in [0.2, 0.25) is 0 Å². The molecule has 2 aromatic rings. The molecule has 2 aliphatic carbocycles. The van der Waals surface area contributed by atoms with Crippen LogP contribution in [-0.2, 0) is 4.79 Å². The van der Waals surface area contributed by atoms with E-state index in [2.05, 4.69) is 10.6 Å². The molecule has 2 saturated carbocycles. The van der Waals surface area contributed by atoms with Crippen molar-refractivity contribution in [1.82, 2.24) is 9.88 Å². The SMILES string of the molecule is Cc1c(C(=O)C(=O)NC2(C(=N)SC=N)CC2)c2n(c1C(=O)Nc1ccc(F)c(C#N)c1)C1CC1=C2. The molecule has 2 fully saturated rings. The minimum Gasteiger partial charge on any atom is -0.338 e. The van der Waals surface area contributed by atoms with E-state index in [0.717, 1.165) is 35.4 Å². The van der Waals surface area contributed by atoms with E-state index in [1.165, 1.54) is 12.1 Å². The number of allylic oxidation sites excluding steroid dienone is 1. The van der Waals surface area contributed by atoms with Gasteiger partial charge in [-0.2, -0.15) is 5.26 Å². The van der Waals surface area contributed by atoms with Gasteiger partial charge in [-0.25, -0.2) is 4.39 Å². The van der Waals surface area contributed by atoms with Crippen molar-refractivity contribution in [3.05, 3.63) is 57.7 Å². The van der Waals surface area contributed by atoms with Gasteiger partial charge in [0.2, 0.25) is 0 Å². The van der Waals surface area contributed by atoms with E-state index >= 15 is 0 Å². The molecule has 2 amide bonds. The number of nitriles is 1. The minimum absolute atomic E-state index is 0.0520. The zero-order chi connectivity index (χ0) is 25.1. The van der Waals surface area contributed by atoms with Crippen LogP contribution < -0.4 is 10.6 Å². The molecule has 0 saturated heterocycles. The van der Waals surface area contributed by atoms with E-state index in [1.54, 1.807) is 17.6 Å². The van der Waals surface area contributed by atoms with Gasteiger partial charge in [-0.15, -0.1) is 0 Å². The summed E-state index contributed by atoms with van der Waals surface area (Å²) in [4.78, 5) is 39.4. The maximum Gasteiger partial charge on any atom is 0.293 e. The van der Waals surface area contributed by atoms with Crippen LogP contribution in [0.3, 0.4) is 0 Å². The maximum absolute atomic E-state index is 13.7. The lowest BCUT2D eigenvalue weighted by molar-refractivity contribution is -0.117. The molecule has 2 heterocycles. The number of benzene rings is 1. The van der Waals surface area contributed by atoms with Gasteiger partial charge in [0.1, 0.15) is 17.6 Å². The second kappa shape index (κ2) is 8.02. The minimum atomic E-state index is -0.923. The highest BCUT2D eigenvalue weighted by molar-refractivity contribution is 8.25. The number of carbonyl (C=O) groups is 3. The van der Waals surface area contributed by atoms with Gasteiger partial charge < -0.3 is 20.6 Å². The van der Waals surface area contributed by atoms with Crippen LogP contribution in [0.4, 0.5) is 10.1 Å². The number of amides is 2. The van der Waals surface area contributed by atoms with E-state index < -0.39 is 29.0 Å². The molecule has 4 N–H and O–H groups in total. The monoisotopic (exact) mass is 490 g/mol. The van der Waals surface area contributed by atoms with E-state index in [9.17, 15) is 18.8 Å². The molecular formula is C24H19FN6O3S. The number of ketones is 1. The lowest BCUT2D eigenvalue weighted by atomic mass is 10.0. The van der Waals surface area contributed by atoms with Crippen LogP contribution in [-0.4, -0.2) is 38.3 Å². The van der Waals surface area contributed by atoms with E-state index in [0.29, 0.717) is 24.1 Å². The number of Topliss-reactive ketones (excluding diaryl/α,β-unsaturated/α-hetero) is 1. The molecule has 5 rings (SSSR count). The van der Waals surface area contributed by atoms with Gasteiger partial charge in [0, 0.05) is 5.69 Å². The van der Waals surface area contributed by atoms with E-state index in [1.807, 2.05) is 6.08 Å². The summed E-state index contributed by atoms with van der Waals surface area (Å²) in [5, 5.41) is 29.7. The number of fused-ring (bicyclic) bond motifs is 3. The molecule has 1 atom stereocenters. The lowest BCUT2D eigenvalue weighted by Gasteiger charge is -2.16. The number of halogens is 1. The summed E-state index contributed by atoms with van der Waals surface area (Å²) in [6.45, 7) is 1.60. The number of nitrogens with zero attached hydrogens (tertiary/aromatic N) is 2. The second-order valence-corrected chi connectivity index (χ2v) is 9.61. The fraction of sp³-hybridized carbons (Fsp3) is 0.250. The number of aromatic nitrogens is 1. The predicted octanol–water partition coefficient (Wildman–Crippen LogP) is 3.55. The molecule has 1 unspecified atom stereocenters. The quantitative estimate of drug-likeness (QED) is 0.202. The second-order valence-electron chi connectivity index (χ2n) is 8.73. The van der Waals surface area contributed by atoms with Crippen LogP contribution in [0.25, 0.3) is 6.08 Å². The Morgan fingerprint density at radius 3 is 2.74 bits per heavy atom. The number of thioether (sulfide) groups is 1. The molecule has 9 nitrogen and oxygen atoms in total. The predicted molar refractivity (Wildman–Crippen MR) is 128 cm³/mol. The van der Waals surface area contributed by atoms with Crippen LogP contribution in [0.5, 0.6) is 0 Å². The molecule has 0 spiro atoms. The average molecular weight is 491 g/mol. The highest BCUT2D eigenvalue weighted by Crippen LogP contribution is 2.52. The standard InChI is InChI=1S/C24H19FN6O3S/c1-11-18(20(32)22(34)30-24(4-5-24)23(28)35-10-27)17-8-12-7-16(12)31(17)19(11)21(33)29-14-2-3-15(25)13(6-14)9-26/h2-3,6,8,10,16,27-28H,4-5,7H2,1H3,(H,29,33)(H,30,34). The van der Waals surface area contributed by atoms with Gasteiger partial charge in [-0.3, -0.25) is 19.8 Å². The molecule has 1 aromatic heterocycles. The van der Waals surface area contributed by atoms with Crippen molar-refractivity contribution in [3.63, 3.8) is 0 Å². The molecule has 3 aliphatic rings. The number of nitrogens with one attached hydrogen (secondary N) is 4. The van der Waals surface area contributed by atoms with Crippen LogP contribution in [0.1, 0.15) is 63.0 Å². The first kappa shape index (κ1) is 22.7. The van der Waals surface area contributed by atoms with Gasteiger partial charge in [-0.1, -0.05) is 11.8 Å². The third-order valence-corrected chi connectivity index (χ3v) is 7.27.